The standard InChI is InChI=1S/C14H22O3/c1-4-7-16-13-9-12(15-6-3)10-14(11-13)17-8-5-2/h9-11H,4-8H2,1-3H3. The molecule has 0 heterocycles. The van der Waals surface area contributed by atoms with E-state index in [2.05, 4.69) is 13.8 Å². The number of hydrogen-bond acceptors (Lipinski definition) is 3. The molecule has 1 rings (SSSR count). The molecule has 0 bridgehead atoms. The van der Waals surface area contributed by atoms with Gasteiger partial charge in [-0.1, -0.05) is 13.8 Å². The van der Waals surface area contributed by atoms with Gasteiger partial charge >= 0.3 is 0 Å². The summed E-state index contributed by atoms with van der Waals surface area (Å²) in [6.07, 6.45) is 1.98. The van der Waals surface area contributed by atoms with Crippen LogP contribution in [0.25, 0.3) is 0 Å². The molecule has 0 atom stereocenters. The Hall–Kier alpha value is -1.38. The SMILES string of the molecule is CCCOc1cc(OCC)cc(OCCC)c1. The van der Waals surface area contributed by atoms with Gasteiger partial charge in [0.25, 0.3) is 0 Å². The highest BCUT2D eigenvalue weighted by molar-refractivity contribution is 5.42. The highest BCUT2D eigenvalue weighted by Crippen LogP contribution is 2.28. The van der Waals surface area contributed by atoms with Crippen LogP contribution in [0.1, 0.15) is 33.6 Å². The van der Waals surface area contributed by atoms with Crippen LogP contribution < -0.4 is 14.2 Å². The van der Waals surface area contributed by atoms with Crippen molar-refractivity contribution in [1.82, 2.24) is 0 Å². The minimum atomic E-state index is 0.643. The van der Waals surface area contributed by atoms with E-state index in [-0.39, 0.29) is 0 Å². The summed E-state index contributed by atoms with van der Waals surface area (Å²) in [5.41, 5.74) is 0. The van der Waals surface area contributed by atoms with Gasteiger partial charge in [-0.25, -0.2) is 0 Å². The maximum atomic E-state index is 5.60. The summed E-state index contributed by atoms with van der Waals surface area (Å²) in [5, 5.41) is 0. The lowest BCUT2D eigenvalue weighted by atomic mass is 10.3. The molecule has 0 aliphatic heterocycles. The molecule has 0 saturated carbocycles. The van der Waals surface area contributed by atoms with Crippen LogP contribution in [0.5, 0.6) is 17.2 Å². The van der Waals surface area contributed by atoms with Gasteiger partial charge in [-0.2, -0.15) is 0 Å². The van der Waals surface area contributed by atoms with E-state index in [4.69, 9.17) is 14.2 Å². The first-order valence-electron chi connectivity index (χ1n) is 6.33. The van der Waals surface area contributed by atoms with Crippen LogP contribution >= 0.6 is 0 Å². The first-order chi connectivity index (χ1) is 8.30. The molecule has 0 N–H and O–H groups in total. The lowest BCUT2D eigenvalue weighted by Crippen LogP contribution is -2.00. The summed E-state index contributed by atoms with van der Waals surface area (Å²) in [5.74, 6) is 2.42. The van der Waals surface area contributed by atoms with Crippen LogP contribution in [0.15, 0.2) is 18.2 Å². The molecule has 0 unspecified atom stereocenters. The first-order valence-corrected chi connectivity index (χ1v) is 6.33. The van der Waals surface area contributed by atoms with E-state index in [0.29, 0.717) is 19.8 Å². The van der Waals surface area contributed by atoms with Crippen molar-refractivity contribution in [3.05, 3.63) is 18.2 Å². The Morgan fingerprint density at radius 1 is 0.706 bits per heavy atom. The highest BCUT2D eigenvalue weighted by Gasteiger charge is 2.03. The zero-order valence-electron chi connectivity index (χ0n) is 11.0. The van der Waals surface area contributed by atoms with Crippen LogP contribution in [0.3, 0.4) is 0 Å². The molecule has 1 aromatic carbocycles. The fourth-order valence-electron chi connectivity index (χ4n) is 1.40. The van der Waals surface area contributed by atoms with Crippen molar-refractivity contribution < 1.29 is 14.2 Å². The molecule has 0 aliphatic rings. The monoisotopic (exact) mass is 238 g/mol. The lowest BCUT2D eigenvalue weighted by Gasteiger charge is -2.11. The van der Waals surface area contributed by atoms with Crippen molar-refractivity contribution in [2.24, 2.45) is 0 Å². The molecule has 0 radical (unpaired) electrons. The Balaban J connectivity index is 2.76. The summed E-state index contributed by atoms with van der Waals surface area (Å²) < 4.78 is 16.7. The number of ether oxygens (including phenoxy) is 3. The van der Waals surface area contributed by atoms with Gasteiger partial charge in [0, 0.05) is 18.2 Å². The van der Waals surface area contributed by atoms with Crippen molar-refractivity contribution in [2.75, 3.05) is 19.8 Å². The molecule has 0 aromatic heterocycles. The summed E-state index contributed by atoms with van der Waals surface area (Å²) in [6, 6.07) is 5.71. The van der Waals surface area contributed by atoms with Gasteiger partial charge < -0.3 is 14.2 Å². The number of rotatable bonds is 8. The second kappa shape index (κ2) is 7.82. The van der Waals surface area contributed by atoms with Gasteiger partial charge in [0.2, 0.25) is 0 Å². The van der Waals surface area contributed by atoms with Gasteiger partial charge in [-0.3, -0.25) is 0 Å². The van der Waals surface area contributed by atoms with E-state index in [9.17, 15) is 0 Å². The summed E-state index contributed by atoms with van der Waals surface area (Å²) in [6.45, 7) is 8.20. The Kier molecular flexibility index (Phi) is 6.30. The average molecular weight is 238 g/mol. The zero-order chi connectivity index (χ0) is 12.5. The minimum absolute atomic E-state index is 0.643. The van der Waals surface area contributed by atoms with Crippen LogP contribution in [0, 0.1) is 0 Å². The van der Waals surface area contributed by atoms with Gasteiger partial charge in [-0.15, -0.1) is 0 Å². The molecule has 1 aromatic rings. The van der Waals surface area contributed by atoms with Crippen LogP contribution in [-0.4, -0.2) is 19.8 Å². The molecule has 0 aliphatic carbocycles. The first kappa shape index (κ1) is 13.7. The van der Waals surface area contributed by atoms with Crippen LogP contribution in [0.2, 0.25) is 0 Å². The molecule has 0 saturated heterocycles. The van der Waals surface area contributed by atoms with Crippen LogP contribution in [0.4, 0.5) is 0 Å². The Labute approximate surface area is 104 Å². The van der Waals surface area contributed by atoms with Crippen LogP contribution in [-0.2, 0) is 0 Å². The Morgan fingerprint density at radius 2 is 1.12 bits per heavy atom. The maximum Gasteiger partial charge on any atom is 0.126 e. The predicted octanol–water partition coefficient (Wildman–Crippen LogP) is 3.66. The Morgan fingerprint density at radius 3 is 1.47 bits per heavy atom. The quantitative estimate of drug-likeness (QED) is 0.691. The van der Waals surface area contributed by atoms with E-state index in [1.807, 2.05) is 25.1 Å². The molecule has 96 valence electrons. The third-order valence-corrected chi connectivity index (χ3v) is 2.11. The topological polar surface area (TPSA) is 27.7 Å². The molecule has 3 nitrogen and oxygen atoms in total. The molecule has 0 amide bonds. The molecule has 3 heteroatoms. The van der Waals surface area contributed by atoms with E-state index in [1.165, 1.54) is 0 Å². The van der Waals surface area contributed by atoms with Crippen molar-refractivity contribution in [3.63, 3.8) is 0 Å². The summed E-state index contributed by atoms with van der Waals surface area (Å²) >= 11 is 0. The van der Waals surface area contributed by atoms with Crippen molar-refractivity contribution in [3.8, 4) is 17.2 Å². The second-order valence-electron chi connectivity index (χ2n) is 3.77. The molecular formula is C14H22O3. The fourth-order valence-corrected chi connectivity index (χ4v) is 1.40. The maximum absolute atomic E-state index is 5.60. The van der Waals surface area contributed by atoms with E-state index in [1.54, 1.807) is 0 Å². The summed E-state index contributed by atoms with van der Waals surface area (Å²) in [4.78, 5) is 0. The van der Waals surface area contributed by atoms with E-state index in [0.717, 1.165) is 30.1 Å². The highest BCUT2D eigenvalue weighted by atomic mass is 16.5. The van der Waals surface area contributed by atoms with Crippen molar-refractivity contribution in [2.45, 2.75) is 33.6 Å². The van der Waals surface area contributed by atoms with Gasteiger partial charge in [-0.05, 0) is 19.8 Å². The van der Waals surface area contributed by atoms with Crippen molar-refractivity contribution in [1.29, 1.82) is 0 Å². The fraction of sp³-hybridized carbons (Fsp3) is 0.571. The summed E-state index contributed by atoms with van der Waals surface area (Å²) in [7, 11) is 0. The third kappa shape index (κ3) is 4.98. The Bertz CT molecular complexity index is 297. The average Bonchev–Trinajstić information content (AvgIpc) is 2.34. The zero-order valence-corrected chi connectivity index (χ0v) is 11.0. The van der Waals surface area contributed by atoms with Gasteiger partial charge in [0.15, 0.2) is 0 Å². The lowest BCUT2D eigenvalue weighted by molar-refractivity contribution is 0.291. The van der Waals surface area contributed by atoms with E-state index >= 15 is 0 Å². The second-order valence-corrected chi connectivity index (χ2v) is 3.77. The predicted molar refractivity (Wildman–Crippen MR) is 69.2 cm³/mol. The third-order valence-electron chi connectivity index (χ3n) is 2.11. The number of hydrogen-bond donors (Lipinski definition) is 0. The number of benzene rings is 1. The molecule has 17 heavy (non-hydrogen) atoms. The van der Waals surface area contributed by atoms with Gasteiger partial charge in [0.05, 0.1) is 19.8 Å². The van der Waals surface area contributed by atoms with Crippen molar-refractivity contribution >= 4 is 0 Å². The molecule has 0 spiro atoms. The largest absolute Gasteiger partial charge is 0.494 e. The molecule has 0 fully saturated rings. The smallest absolute Gasteiger partial charge is 0.126 e. The normalized spacial score (nSPS) is 10.1. The molecular weight excluding hydrogens is 216 g/mol. The van der Waals surface area contributed by atoms with Gasteiger partial charge in [0.1, 0.15) is 17.2 Å². The minimum Gasteiger partial charge on any atom is -0.494 e. The van der Waals surface area contributed by atoms with E-state index < -0.39 is 0 Å².